The number of nitrogens with one attached hydrogen (secondary N) is 1. The van der Waals surface area contributed by atoms with Crippen LogP contribution in [0.2, 0.25) is 10.0 Å². The van der Waals surface area contributed by atoms with Gasteiger partial charge in [-0.3, -0.25) is 9.48 Å². The van der Waals surface area contributed by atoms with Crippen LogP contribution in [0.5, 0.6) is 5.75 Å². The molecule has 1 aromatic heterocycles. The number of ether oxygens (including phenoxy) is 1. The third-order valence-electron chi connectivity index (χ3n) is 3.58. The molecule has 0 unspecified atom stereocenters. The van der Waals surface area contributed by atoms with Crippen molar-refractivity contribution in [3.63, 3.8) is 0 Å². The van der Waals surface area contributed by atoms with E-state index in [9.17, 15) is 4.79 Å². The topological polar surface area (TPSA) is 56.2 Å². The number of aryl methyl sites for hydroxylation is 2. The van der Waals surface area contributed by atoms with Crippen LogP contribution in [-0.4, -0.2) is 22.3 Å². The molecule has 3 rings (SSSR count). The lowest BCUT2D eigenvalue weighted by Crippen LogP contribution is -2.22. The average Bonchev–Trinajstić information content (AvgIpc) is 3.01. The molecule has 0 radical (unpaired) electrons. The van der Waals surface area contributed by atoms with Crippen molar-refractivity contribution in [1.29, 1.82) is 0 Å². The summed E-state index contributed by atoms with van der Waals surface area (Å²) in [6.45, 7) is -0.124. The smallest absolute Gasteiger partial charge is 0.263 e. The fourth-order valence-electron chi connectivity index (χ4n) is 2.58. The zero-order valence-corrected chi connectivity index (χ0v) is 13.5. The van der Waals surface area contributed by atoms with Gasteiger partial charge in [0.05, 0.1) is 10.7 Å². The molecular formula is C15H15Cl2N3O2. The zero-order valence-electron chi connectivity index (χ0n) is 12.0. The van der Waals surface area contributed by atoms with Crippen LogP contribution in [0.4, 0.5) is 5.82 Å². The summed E-state index contributed by atoms with van der Waals surface area (Å²) in [6.07, 6.45) is 3.00. The molecule has 22 heavy (non-hydrogen) atoms. The van der Waals surface area contributed by atoms with Crippen LogP contribution < -0.4 is 10.1 Å². The molecule has 1 N–H and O–H groups in total. The normalized spacial score (nSPS) is 13.0. The fraction of sp³-hybridized carbons (Fsp3) is 0.333. The van der Waals surface area contributed by atoms with Crippen molar-refractivity contribution in [3.8, 4) is 5.75 Å². The van der Waals surface area contributed by atoms with Crippen molar-refractivity contribution in [2.24, 2.45) is 7.05 Å². The third-order valence-corrected chi connectivity index (χ3v) is 4.11. The van der Waals surface area contributed by atoms with Gasteiger partial charge in [0.1, 0.15) is 11.6 Å². The van der Waals surface area contributed by atoms with E-state index >= 15 is 0 Å². The summed E-state index contributed by atoms with van der Waals surface area (Å²) in [5.41, 5.74) is 2.19. The van der Waals surface area contributed by atoms with E-state index in [0.29, 0.717) is 15.8 Å². The van der Waals surface area contributed by atoms with Crippen LogP contribution in [0.25, 0.3) is 0 Å². The Bertz CT molecular complexity index is 728. The van der Waals surface area contributed by atoms with Crippen molar-refractivity contribution < 1.29 is 9.53 Å². The van der Waals surface area contributed by atoms with Crippen LogP contribution in [0.3, 0.4) is 0 Å². The molecule has 0 spiro atoms. The van der Waals surface area contributed by atoms with E-state index in [4.69, 9.17) is 27.9 Å². The molecule has 0 atom stereocenters. The Morgan fingerprint density at radius 3 is 3.00 bits per heavy atom. The van der Waals surface area contributed by atoms with Gasteiger partial charge in [0.2, 0.25) is 0 Å². The van der Waals surface area contributed by atoms with Gasteiger partial charge >= 0.3 is 0 Å². The van der Waals surface area contributed by atoms with Gasteiger partial charge in [-0.15, -0.1) is 0 Å². The molecule has 116 valence electrons. The van der Waals surface area contributed by atoms with Crippen LogP contribution >= 0.6 is 23.2 Å². The Balaban J connectivity index is 1.64. The summed E-state index contributed by atoms with van der Waals surface area (Å²) in [7, 11) is 1.82. The van der Waals surface area contributed by atoms with Gasteiger partial charge in [0.25, 0.3) is 5.91 Å². The number of fused-ring (bicyclic) bond motifs is 1. The molecule has 1 aromatic carbocycles. The summed E-state index contributed by atoms with van der Waals surface area (Å²) in [4.78, 5) is 12.1. The maximum absolute atomic E-state index is 12.1. The largest absolute Gasteiger partial charge is 0.482 e. The number of aromatic nitrogens is 2. The molecule has 7 heteroatoms. The summed E-state index contributed by atoms with van der Waals surface area (Å²) in [6, 6.07) is 4.87. The van der Waals surface area contributed by atoms with E-state index in [1.807, 2.05) is 7.05 Å². The van der Waals surface area contributed by atoms with Gasteiger partial charge in [-0.25, -0.2) is 0 Å². The highest BCUT2D eigenvalue weighted by atomic mass is 35.5. The second kappa shape index (κ2) is 6.18. The predicted molar refractivity (Wildman–Crippen MR) is 85.8 cm³/mol. The highest BCUT2D eigenvalue weighted by molar-refractivity contribution is 6.35. The lowest BCUT2D eigenvalue weighted by Gasteiger charge is -2.10. The van der Waals surface area contributed by atoms with Crippen molar-refractivity contribution in [3.05, 3.63) is 39.5 Å². The van der Waals surface area contributed by atoms with Gasteiger partial charge in [-0.1, -0.05) is 23.2 Å². The number of amides is 1. The fourth-order valence-corrected chi connectivity index (χ4v) is 3.04. The number of carbonyl (C=O) groups excluding carboxylic acids is 1. The molecule has 0 saturated carbocycles. The molecule has 2 aromatic rings. The number of carbonyl (C=O) groups is 1. The molecule has 1 aliphatic rings. The SMILES string of the molecule is Cn1nc2c(c1NC(=O)COc1ccc(Cl)cc1Cl)CCC2. The summed E-state index contributed by atoms with van der Waals surface area (Å²) in [5.74, 6) is 0.934. The van der Waals surface area contributed by atoms with Crippen LogP contribution in [0.15, 0.2) is 18.2 Å². The first-order valence-electron chi connectivity index (χ1n) is 6.97. The molecule has 5 nitrogen and oxygen atoms in total. The molecule has 0 fully saturated rings. The highest BCUT2D eigenvalue weighted by Gasteiger charge is 2.22. The van der Waals surface area contributed by atoms with E-state index in [1.54, 1.807) is 22.9 Å². The number of halogens is 2. The van der Waals surface area contributed by atoms with Gasteiger partial charge in [0.15, 0.2) is 6.61 Å². The lowest BCUT2D eigenvalue weighted by atomic mass is 10.2. The Morgan fingerprint density at radius 2 is 2.23 bits per heavy atom. The van der Waals surface area contributed by atoms with E-state index in [1.165, 1.54) is 0 Å². The van der Waals surface area contributed by atoms with Crippen LogP contribution in [0.1, 0.15) is 17.7 Å². The predicted octanol–water partition coefficient (Wildman–Crippen LogP) is 3.23. The average molecular weight is 340 g/mol. The number of nitrogens with zero attached hydrogens (tertiary/aromatic N) is 2. The number of benzene rings is 1. The summed E-state index contributed by atoms with van der Waals surface area (Å²) >= 11 is 11.8. The second-order valence-electron chi connectivity index (χ2n) is 5.16. The third kappa shape index (κ3) is 3.05. The van der Waals surface area contributed by atoms with Crippen molar-refractivity contribution in [2.75, 3.05) is 11.9 Å². The Morgan fingerprint density at radius 1 is 1.41 bits per heavy atom. The van der Waals surface area contributed by atoms with Crippen molar-refractivity contribution in [2.45, 2.75) is 19.3 Å². The van der Waals surface area contributed by atoms with E-state index in [-0.39, 0.29) is 12.5 Å². The Labute approximate surface area is 138 Å². The molecule has 0 bridgehead atoms. The van der Waals surface area contributed by atoms with Gasteiger partial charge in [-0.05, 0) is 37.5 Å². The maximum atomic E-state index is 12.1. The molecule has 0 saturated heterocycles. The van der Waals surface area contributed by atoms with Crippen molar-refractivity contribution >= 4 is 34.9 Å². The molecule has 0 aliphatic heterocycles. The van der Waals surface area contributed by atoms with Crippen molar-refractivity contribution in [1.82, 2.24) is 9.78 Å². The molecule has 1 aliphatic carbocycles. The quantitative estimate of drug-likeness (QED) is 0.930. The lowest BCUT2D eigenvalue weighted by molar-refractivity contribution is -0.118. The van der Waals surface area contributed by atoms with E-state index < -0.39 is 0 Å². The van der Waals surface area contributed by atoms with Gasteiger partial charge in [-0.2, -0.15) is 5.10 Å². The highest BCUT2D eigenvalue weighted by Crippen LogP contribution is 2.29. The molecule has 1 heterocycles. The van der Waals surface area contributed by atoms with Crippen LogP contribution in [0, 0.1) is 0 Å². The minimum absolute atomic E-state index is 0.124. The van der Waals surface area contributed by atoms with Gasteiger partial charge < -0.3 is 10.1 Å². The van der Waals surface area contributed by atoms with E-state index in [0.717, 1.165) is 36.3 Å². The Kier molecular flexibility index (Phi) is 4.27. The Hall–Kier alpha value is -1.72. The maximum Gasteiger partial charge on any atom is 0.263 e. The zero-order chi connectivity index (χ0) is 15.7. The minimum Gasteiger partial charge on any atom is -0.482 e. The standard InChI is InChI=1S/C15H15Cl2N3O2/c1-20-15(10-3-2-4-12(10)19-20)18-14(21)8-22-13-6-5-9(16)7-11(13)17/h5-7H,2-4,8H2,1H3,(H,18,21). The summed E-state index contributed by atoms with van der Waals surface area (Å²) in [5, 5.41) is 8.17. The first-order chi connectivity index (χ1) is 10.5. The number of hydrogen-bond donors (Lipinski definition) is 1. The van der Waals surface area contributed by atoms with Gasteiger partial charge in [0, 0.05) is 17.6 Å². The number of anilines is 1. The first kappa shape index (κ1) is 15.2. The minimum atomic E-state index is -0.247. The monoisotopic (exact) mass is 339 g/mol. The molecular weight excluding hydrogens is 325 g/mol. The van der Waals surface area contributed by atoms with Crippen LogP contribution in [-0.2, 0) is 24.7 Å². The second-order valence-corrected chi connectivity index (χ2v) is 6.01. The molecule has 1 amide bonds. The summed E-state index contributed by atoms with van der Waals surface area (Å²) < 4.78 is 7.13. The first-order valence-corrected chi connectivity index (χ1v) is 7.72. The number of rotatable bonds is 4. The number of hydrogen-bond acceptors (Lipinski definition) is 3. The van der Waals surface area contributed by atoms with E-state index in [2.05, 4.69) is 10.4 Å².